The van der Waals surface area contributed by atoms with E-state index < -0.39 is 0 Å². The number of aliphatic imine (C=N–C) groups is 1. The summed E-state index contributed by atoms with van der Waals surface area (Å²) in [6, 6.07) is 0.266. The Bertz CT molecular complexity index is 534. The standard InChI is InChI=1S/C15H25N5OS.HI/c1-4-16-15(17-8-7-13-18-9-11(2)22-13)19-12-5-6-14(21)20(3)10-12;/h9,12H,4-8,10H2,1-3H3,(H2,16,17,19);1H. The molecule has 130 valence electrons. The Morgan fingerprint density at radius 1 is 1.57 bits per heavy atom. The Morgan fingerprint density at radius 3 is 2.96 bits per heavy atom. The fraction of sp³-hybridized carbons (Fsp3) is 0.667. The molecule has 1 saturated heterocycles. The van der Waals surface area contributed by atoms with Gasteiger partial charge in [-0.3, -0.25) is 9.79 Å². The van der Waals surface area contributed by atoms with Gasteiger partial charge in [-0.15, -0.1) is 35.3 Å². The molecule has 0 aromatic carbocycles. The highest BCUT2D eigenvalue weighted by atomic mass is 127. The van der Waals surface area contributed by atoms with Crippen molar-refractivity contribution in [1.29, 1.82) is 0 Å². The van der Waals surface area contributed by atoms with Crippen molar-refractivity contribution in [2.24, 2.45) is 4.99 Å². The molecule has 1 amide bonds. The molecule has 0 radical (unpaired) electrons. The van der Waals surface area contributed by atoms with Crippen LogP contribution in [-0.2, 0) is 11.2 Å². The zero-order valence-electron chi connectivity index (χ0n) is 14.0. The minimum atomic E-state index is 0. The Morgan fingerprint density at radius 2 is 2.35 bits per heavy atom. The van der Waals surface area contributed by atoms with E-state index in [2.05, 4.69) is 34.5 Å². The van der Waals surface area contributed by atoms with E-state index in [-0.39, 0.29) is 35.9 Å². The Kier molecular flexibility index (Phi) is 8.82. The number of thiazole rings is 1. The molecule has 1 aromatic rings. The van der Waals surface area contributed by atoms with Crippen LogP contribution in [0.3, 0.4) is 0 Å². The number of carbonyl (C=O) groups is 1. The van der Waals surface area contributed by atoms with Crippen LogP contribution in [0.4, 0.5) is 0 Å². The lowest BCUT2D eigenvalue weighted by Crippen LogP contribution is -2.51. The molecule has 2 heterocycles. The number of aromatic nitrogens is 1. The summed E-state index contributed by atoms with van der Waals surface area (Å²) in [6.07, 6.45) is 4.23. The predicted molar refractivity (Wildman–Crippen MR) is 106 cm³/mol. The average Bonchev–Trinajstić information content (AvgIpc) is 2.89. The molecule has 1 unspecified atom stereocenters. The number of nitrogens with zero attached hydrogens (tertiary/aromatic N) is 3. The maximum Gasteiger partial charge on any atom is 0.222 e. The third-order valence-electron chi connectivity index (χ3n) is 3.58. The SMILES string of the molecule is CCNC(=NCCc1ncc(C)s1)NC1CCC(=O)N(C)C1.I. The number of hydrogen-bond acceptors (Lipinski definition) is 4. The van der Waals surface area contributed by atoms with Crippen molar-refractivity contribution in [2.45, 2.75) is 39.2 Å². The molecule has 2 N–H and O–H groups in total. The van der Waals surface area contributed by atoms with E-state index in [1.165, 1.54) is 4.88 Å². The van der Waals surface area contributed by atoms with Crippen molar-refractivity contribution in [3.05, 3.63) is 16.1 Å². The molecular formula is C15H26IN5OS. The van der Waals surface area contributed by atoms with E-state index in [0.717, 1.165) is 36.9 Å². The van der Waals surface area contributed by atoms with Gasteiger partial charge in [-0.2, -0.15) is 0 Å². The van der Waals surface area contributed by atoms with Gasteiger partial charge >= 0.3 is 0 Å². The lowest BCUT2D eigenvalue weighted by Gasteiger charge is -2.31. The third-order valence-corrected chi connectivity index (χ3v) is 4.55. The van der Waals surface area contributed by atoms with Crippen LogP contribution in [0.25, 0.3) is 0 Å². The van der Waals surface area contributed by atoms with Gasteiger partial charge in [0, 0.05) is 56.6 Å². The van der Waals surface area contributed by atoms with Crippen LogP contribution in [0.15, 0.2) is 11.2 Å². The summed E-state index contributed by atoms with van der Waals surface area (Å²) in [5.74, 6) is 1.04. The van der Waals surface area contributed by atoms with Crippen LogP contribution in [0.2, 0.25) is 0 Å². The molecule has 23 heavy (non-hydrogen) atoms. The molecule has 1 fully saturated rings. The van der Waals surface area contributed by atoms with Crippen LogP contribution in [0, 0.1) is 6.92 Å². The second kappa shape index (κ2) is 10.1. The maximum absolute atomic E-state index is 11.5. The van der Waals surface area contributed by atoms with Gasteiger partial charge in [0.2, 0.25) is 5.91 Å². The van der Waals surface area contributed by atoms with Crippen LogP contribution in [0.1, 0.15) is 29.7 Å². The maximum atomic E-state index is 11.5. The molecule has 1 atom stereocenters. The summed E-state index contributed by atoms with van der Waals surface area (Å²) >= 11 is 1.72. The smallest absolute Gasteiger partial charge is 0.222 e. The quantitative estimate of drug-likeness (QED) is 0.407. The fourth-order valence-electron chi connectivity index (χ4n) is 2.42. The van der Waals surface area contributed by atoms with E-state index in [0.29, 0.717) is 13.0 Å². The number of aryl methyl sites for hydroxylation is 1. The molecule has 8 heteroatoms. The number of guanidine groups is 1. The van der Waals surface area contributed by atoms with Gasteiger partial charge in [0.25, 0.3) is 0 Å². The number of piperidine rings is 1. The van der Waals surface area contributed by atoms with Gasteiger partial charge in [0.1, 0.15) is 0 Å². The average molecular weight is 451 g/mol. The summed E-state index contributed by atoms with van der Waals surface area (Å²) in [6.45, 7) is 6.39. The lowest BCUT2D eigenvalue weighted by molar-refractivity contribution is -0.132. The number of halogens is 1. The summed E-state index contributed by atoms with van der Waals surface area (Å²) in [7, 11) is 1.85. The molecule has 6 nitrogen and oxygen atoms in total. The van der Waals surface area contributed by atoms with Gasteiger partial charge in [0.05, 0.1) is 5.01 Å². The number of rotatable bonds is 5. The normalized spacial score (nSPS) is 18.6. The monoisotopic (exact) mass is 451 g/mol. The van der Waals surface area contributed by atoms with Crippen molar-refractivity contribution in [3.63, 3.8) is 0 Å². The fourth-order valence-corrected chi connectivity index (χ4v) is 3.20. The molecule has 1 aliphatic rings. The van der Waals surface area contributed by atoms with Crippen molar-refractivity contribution in [3.8, 4) is 0 Å². The van der Waals surface area contributed by atoms with E-state index in [1.807, 2.05) is 13.2 Å². The highest BCUT2D eigenvalue weighted by molar-refractivity contribution is 14.0. The second-order valence-electron chi connectivity index (χ2n) is 5.53. The van der Waals surface area contributed by atoms with Crippen LogP contribution < -0.4 is 10.6 Å². The molecule has 1 aromatic heterocycles. The molecule has 0 bridgehead atoms. The lowest BCUT2D eigenvalue weighted by atomic mass is 10.1. The predicted octanol–water partition coefficient (Wildman–Crippen LogP) is 1.79. The van der Waals surface area contributed by atoms with Gasteiger partial charge in [-0.1, -0.05) is 0 Å². The van der Waals surface area contributed by atoms with Gasteiger partial charge in [-0.25, -0.2) is 4.98 Å². The molecule has 0 aliphatic carbocycles. The Hall–Kier alpha value is -0.900. The van der Waals surface area contributed by atoms with Crippen molar-refractivity contribution in [1.82, 2.24) is 20.5 Å². The highest BCUT2D eigenvalue weighted by Crippen LogP contribution is 2.12. The number of hydrogen-bond donors (Lipinski definition) is 2. The molecule has 1 aliphatic heterocycles. The first-order valence-electron chi connectivity index (χ1n) is 7.78. The number of carbonyl (C=O) groups excluding carboxylic acids is 1. The van der Waals surface area contributed by atoms with Gasteiger partial charge in [-0.05, 0) is 20.3 Å². The van der Waals surface area contributed by atoms with E-state index in [4.69, 9.17) is 0 Å². The zero-order valence-corrected chi connectivity index (χ0v) is 17.1. The number of likely N-dealkylation sites (tertiary alicyclic amines) is 1. The minimum Gasteiger partial charge on any atom is -0.357 e. The number of nitrogens with one attached hydrogen (secondary N) is 2. The van der Waals surface area contributed by atoms with Crippen molar-refractivity contribution >= 4 is 47.2 Å². The summed E-state index contributed by atoms with van der Waals surface area (Å²) in [4.78, 5) is 23.5. The zero-order chi connectivity index (χ0) is 15.9. The van der Waals surface area contributed by atoms with Crippen LogP contribution in [0.5, 0.6) is 0 Å². The number of likely N-dealkylation sites (N-methyl/N-ethyl adjacent to an activating group) is 1. The molecular weight excluding hydrogens is 425 g/mol. The molecule has 0 saturated carbocycles. The van der Waals surface area contributed by atoms with Crippen LogP contribution in [-0.4, -0.2) is 54.5 Å². The first-order valence-corrected chi connectivity index (χ1v) is 8.60. The topological polar surface area (TPSA) is 69.6 Å². The molecule has 2 rings (SSSR count). The molecule has 0 spiro atoms. The second-order valence-corrected chi connectivity index (χ2v) is 6.85. The summed E-state index contributed by atoms with van der Waals surface area (Å²) in [5.41, 5.74) is 0. The minimum absolute atomic E-state index is 0. The first-order chi connectivity index (χ1) is 10.6. The first kappa shape index (κ1) is 20.1. The van der Waals surface area contributed by atoms with Gasteiger partial charge < -0.3 is 15.5 Å². The summed E-state index contributed by atoms with van der Waals surface area (Å²) < 4.78 is 0. The number of amides is 1. The van der Waals surface area contributed by atoms with E-state index in [1.54, 1.807) is 16.2 Å². The highest BCUT2D eigenvalue weighted by Gasteiger charge is 2.23. The Labute approximate surface area is 159 Å². The van der Waals surface area contributed by atoms with E-state index >= 15 is 0 Å². The van der Waals surface area contributed by atoms with E-state index in [9.17, 15) is 4.79 Å². The largest absolute Gasteiger partial charge is 0.357 e. The van der Waals surface area contributed by atoms with Crippen molar-refractivity contribution in [2.75, 3.05) is 26.7 Å². The Balaban J connectivity index is 0.00000264. The summed E-state index contributed by atoms with van der Waals surface area (Å²) in [5, 5.41) is 7.82. The van der Waals surface area contributed by atoms with Crippen LogP contribution >= 0.6 is 35.3 Å². The third kappa shape index (κ3) is 6.62. The van der Waals surface area contributed by atoms with Crippen molar-refractivity contribution < 1.29 is 4.79 Å². The van der Waals surface area contributed by atoms with Gasteiger partial charge in [0.15, 0.2) is 5.96 Å².